The Kier molecular flexibility index (Phi) is 3.02. The van der Waals surface area contributed by atoms with Crippen LogP contribution in [-0.4, -0.2) is 22.4 Å². The first kappa shape index (κ1) is 14.0. The number of imidazole rings is 1. The van der Waals surface area contributed by atoms with E-state index in [0.29, 0.717) is 5.57 Å². The van der Waals surface area contributed by atoms with Crippen molar-refractivity contribution >= 4 is 39.5 Å². The molecule has 0 bridgehead atoms. The van der Waals surface area contributed by atoms with Gasteiger partial charge in [-0.1, -0.05) is 0 Å². The van der Waals surface area contributed by atoms with E-state index in [9.17, 15) is 4.79 Å². The SMILES string of the molecule is COc1ccc2c(c1)/C(=C\c1c(C)nc3scc(C)n13)C(=O)N2. The van der Waals surface area contributed by atoms with Gasteiger partial charge < -0.3 is 10.1 Å². The van der Waals surface area contributed by atoms with Gasteiger partial charge in [-0.3, -0.25) is 9.20 Å². The molecule has 3 heterocycles. The van der Waals surface area contributed by atoms with Gasteiger partial charge in [0.05, 0.1) is 24.1 Å². The zero-order valence-electron chi connectivity index (χ0n) is 13.0. The van der Waals surface area contributed by atoms with Crippen molar-refractivity contribution in [2.75, 3.05) is 12.4 Å². The van der Waals surface area contributed by atoms with Crippen LogP contribution in [0.4, 0.5) is 5.69 Å². The highest BCUT2D eigenvalue weighted by Crippen LogP contribution is 2.36. The topological polar surface area (TPSA) is 55.6 Å². The van der Waals surface area contributed by atoms with Crippen molar-refractivity contribution in [2.24, 2.45) is 0 Å². The highest BCUT2D eigenvalue weighted by atomic mass is 32.1. The van der Waals surface area contributed by atoms with E-state index in [-0.39, 0.29) is 5.91 Å². The molecule has 23 heavy (non-hydrogen) atoms. The van der Waals surface area contributed by atoms with Gasteiger partial charge in [-0.2, -0.15) is 0 Å². The first-order valence-electron chi connectivity index (χ1n) is 7.23. The minimum atomic E-state index is -0.101. The smallest absolute Gasteiger partial charge is 0.256 e. The van der Waals surface area contributed by atoms with E-state index in [4.69, 9.17) is 4.74 Å². The van der Waals surface area contributed by atoms with E-state index < -0.39 is 0 Å². The number of amides is 1. The Morgan fingerprint density at radius 1 is 1.35 bits per heavy atom. The lowest BCUT2D eigenvalue weighted by molar-refractivity contribution is -0.110. The van der Waals surface area contributed by atoms with Gasteiger partial charge in [-0.05, 0) is 38.1 Å². The number of aromatic nitrogens is 2. The maximum absolute atomic E-state index is 12.4. The van der Waals surface area contributed by atoms with Gasteiger partial charge in [0, 0.05) is 22.3 Å². The maximum Gasteiger partial charge on any atom is 0.256 e. The largest absolute Gasteiger partial charge is 0.497 e. The molecular formula is C17H15N3O2S. The maximum atomic E-state index is 12.4. The average Bonchev–Trinajstić information content (AvgIpc) is 3.15. The van der Waals surface area contributed by atoms with Crippen molar-refractivity contribution in [1.82, 2.24) is 9.38 Å². The van der Waals surface area contributed by atoms with Crippen molar-refractivity contribution in [3.8, 4) is 5.75 Å². The Morgan fingerprint density at radius 2 is 2.17 bits per heavy atom. The van der Waals surface area contributed by atoms with Gasteiger partial charge in [0.25, 0.3) is 5.91 Å². The van der Waals surface area contributed by atoms with Crippen molar-refractivity contribution in [3.63, 3.8) is 0 Å². The number of anilines is 1. The highest BCUT2D eigenvalue weighted by Gasteiger charge is 2.25. The third-order valence-corrected chi connectivity index (χ3v) is 4.99. The Morgan fingerprint density at radius 3 is 2.96 bits per heavy atom. The zero-order valence-corrected chi connectivity index (χ0v) is 13.8. The quantitative estimate of drug-likeness (QED) is 0.734. The summed E-state index contributed by atoms with van der Waals surface area (Å²) >= 11 is 1.60. The predicted molar refractivity (Wildman–Crippen MR) is 92.0 cm³/mol. The van der Waals surface area contributed by atoms with E-state index in [1.165, 1.54) is 0 Å². The Labute approximate surface area is 137 Å². The van der Waals surface area contributed by atoms with Crippen LogP contribution in [0.1, 0.15) is 22.6 Å². The molecule has 1 aliphatic heterocycles. The van der Waals surface area contributed by atoms with E-state index >= 15 is 0 Å². The fourth-order valence-corrected chi connectivity index (χ4v) is 3.79. The first-order chi connectivity index (χ1) is 11.1. The summed E-state index contributed by atoms with van der Waals surface area (Å²) in [6.45, 7) is 4.00. The number of nitrogens with one attached hydrogen (secondary N) is 1. The normalized spacial score (nSPS) is 15.3. The molecule has 0 atom stereocenters. The van der Waals surface area contributed by atoms with Crippen molar-refractivity contribution in [3.05, 3.63) is 46.2 Å². The van der Waals surface area contributed by atoms with E-state index in [2.05, 4.69) is 20.1 Å². The number of thiazole rings is 1. The van der Waals surface area contributed by atoms with Crippen molar-refractivity contribution in [1.29, 1.82) is 0 Å². The van der Waals surface area contributed by atoms with Crippen molar-refractivity contribution in [2.45, 2.75) is 13.8 Å². The number of carbonyl (C=O) groups is 1. The molecule has 0 saturated carbocycles. The van der Waals surface area contributed by atoms with Crippen LogP contribution in [0.2, 0.25) is 0 Å². The fourth-order valence-electron chi connectivity index (χ4n) is 2.87. The Hall–Kier alpha value is -2.60. The molecule has 3 aromatic rings. The van der Waals surface area contributed by atoms with Gasteiger partial charge in [0.1, 0.15) is 5.75 Å². The third kappa shape index (κ3) is 2.06. The molecule has 0 radical (unpaired) electrons. The van der Waals surface area contributed by atoms with E-state index in [1.807, 2.05) is 38.1 Å². The lowest BCUT2D eigenvalue weighted by Gasteiger charge is -2.03. The van der Waals surface area contributed by atoms with Gasteiger partial charge in [-0.25, -0.2) is 4.98 Å². The molecule has 0 fully saturated rings. The molecule has 116 valence electrons. The molecule has 2 aromatic heterocycles. The molecule has 1 N–H and O–H groups in total. The second-order valence-electron chi connectivity index (χ2n) is 5.50. The number of hydrogen-bond acceptors (Lipinski definition) is 4. The number of rotatable bonds is 2. The standard InChI is InChI=1S/C17H15N3O2S/c1-9-8-23-17-18-10(2)15(20(9)17)7-13-12-6-11(22-3)4-5-14(12)19-16(13)21/h4-8H,1-3H3,(H,19,21)/b13-7+. The van der Waals surface area contributed by atoms with Gasteiger partial charge in [-0.15, -0.1) is 11.3 Å². The van der Waals surface area contributed by atoms with Gasteiger partial charge in [0.15, 0.2) is 4.96 Å². The number of ether oxygens (including phenoxy) is 1. The molecule has 0 aliphatic carbocycles. The van der Waals surface area contributed by atoms with Crippen LogP contribution in [0.5, 0.6) is 5.75 Å². The molecule has 0 spiro atoms. The van der Waals surface area contributed by atoms with Crippen LogP contribution in [0.3, 0.4) is 0 Å². The molecule has 5 nitrogen and oxygen atoms in total. The van der Waals surface area contributed by atoms with Crippen LogP contribution < -0.4 is 10.1 Å². The van der Waals surface area contributed by atoms with Crippen LogP contribution in [0.15, 0.2) is 23.6 Å². The molecule has 4 rings (SSSR count). The van der Waals surface area contributed by atoms with Crippen LogP contribution >= 0.6 is 11.3 Å². The number of fused-ring (bicyclic) bond motifs is 2. The molecule has 1 aromatic carbocycles. The van der Waals surface area contributed by atoms with Crippen LogP contribution in [-0.2, 0) is 4.79 Å². The van der Waals surface area contributed by atoms with Crippen LogP contribution in [0.25, 0.3) is 16.6 Å². The summed E-state index contributed by atoms with van der Waals surface area (Å²) in [6.07, 6.45) is 1.91. The second-order valence-corrected chi connectivity index (χ2v) is 6.34. The summed E-state index contributed by atoms with van der Waals surface area (Å²) in [6, 6.07) is 5.59. The highest BCUT2D eigenvalue weighted by molar-refractivity contribution is 7.15. The van der Waals surface area contributed by atoms with Gasteiger partial charge >= 0.3 is 0 Å². The van der Waals surface area contributed by atoms with Crippen molar-refractivity contribution < 1.29 is 9.53 Å². The Bertz CT molecular complexity index is 981. The predicted octanol–water partition coefficient (Wildman–Crippen LogP) is 3.51. The summed E-state index contributed by atoms with van der Waals surface area (Å²) in [5.41, 5.74) is 5.27. The number of hydrogen-bond donors (Lipinski definition) is 1. The number of nitrogens with zero attached hydrogens (tertiary/aromatic N) is 2. The number of carbonyl (C=O) groups excluding carboxylic acids is 1. The third-order valence-electron chi connectivity index (χ3n) is 4.04. The molecule has 1 amide bonds. The Balaban J connectivity index is 1.93. The molecule has 6 heteroatoms. The van der Waals surface area contributed by atoms with E-state index in [0.717, 1.165) is 39.0 Å². The lowest BCUT2D eigenvalue weighted by atomic mass is 10.1. The summed E-state index contributed by atoms with van der Waals surface area (Å²) in [5.74, 6) is 0.628. The molecule has 1 aliphatic rings. The minimum Gasteiger partial charge on any atom is -0.497 e. The number of methoxy groups -OCH3 is 1. The molecule has 0 unspecified atom stereocenters. The van der Waals surface area contributed by atoms with Gasteiger partial charge in [0.2, 0.25) is 0 Å². The lowest BCUT2D eigenvalue weighted by Crippen LogP contribution is -2.04. The first-order valence-corrected chi connectivity index (χ1v) is 8.11. The fraction of sp³-hybridized carbons (Fsp3) is 0.176. The summed E-state index contributed by atoms with van der Waals surface area (Å²) < 4.78 is 7.36. The second kappa shape index (κ2) is 4.96. The van der Waals surface area contributed by atoms with E-state index in [1.54, 1.807) is 18.4 Å². The number of aryl methyl sites for hydroxylation is 2. The summed E-state index contributed by atoms with van der Waals surface area (Å²) in [4.78, 5) is 17.9. The van der Waals surface area contributed by atoms with Crippen LogP contribution in [0, 0.1) is 13.8 Å². The zero-order chi connectivity index (χ0) is 16.1. The molecular weight excluding hydrogens is 310 g/mol. The average molecular weight is 325 g/mol. The summed E-state index contributed by atoms with van der Waals surface area (Å²) in [5, 5.41) is 4.96. The number of benzene rings is 1. The summed E-state index contributed by atoms with van der Waals surface area (Å²) in [7, 11) is 1.62. The molecule has 0 saturated heterocycles. The monoisotopic (exact) mass is 325 g/mol. The minimum absolute atomic E-state index is 0.101.